The first-order valence-electron chi connectivity index (χ1n) is 13.4. The number of carbonyl (C=O) groups excluding carboxylic acids is 2. The zero-order valence-electron chi connectivity index (χ0n) is 23.3. The van der Waals surface area contributed by atoms with Crippen molar-refractivity contribution in [2.24, 2.45) is 0 Å². The summed E-state index contributed by atoms with van der Waals surface area (Å²) in [7, 11) is 0. The van der Waals surface area contributed by atoms with E-state index in [2.05, 4.69) is 20.8 Å². The minimum Gasteiger partial charge on any atom is -0.507 e. The number of rotatable bonds is 5. The van der Waals surface area contributed by atoms with E-state index in [1.807, 2.05) is 57.2 Å². The lowest BCUT2D eigenvalue weighted by Crippen LogP contribution is -2.29. The highest BCUT2D eigenvalue weighted by Crippen LogP contribution is 2.43. The monoisotopic (exact) mass is 525 g/mol. The van der Waals surface area contributed by atoms with Gasteiger partial charge >= 0.3 is 0 Å². The van der Waals surface area contributed by atoms with Crippen molar-refractivity contribution in [3.8, 4) is 11.5 Å². The Labute approximate surface area is 229 Å². The lowest BCUT2D eigenvalue weighted by atomic mass is 9.85. The normalized spacial score (nSPS) is 20.3. The number of hydrogen-bond acceptors (Lipinski definition) is 5. The van der Waals surface area contributed by atoms with Crippen molar-refractivity contribution in [1.29, 1.82) is 0 Å². The van der Waals surface area contributed by atoms with Crippen LogP contribution >= 0.6 is 0 Å². The van der Waals surface area contributed by atoms with E-state index in [-0.39, 0.29) is 29.0 Å². The fourth-order valence-corrected chi connectivity index (χ4v) is 5.26. The summed E-state index contributed by atoms with van der Waals surface area (Å²) >= 11 is 0. The number of hydrogen-bond donors (Lipinski definition) is 1. The average molecular weight is 526 g/mol. The molecular formula is C33H35NO5. The van der Waals surface area contributed by atoms with Crippen molar-refractivity contribution in [2.75, 3.05) is 4.90 Å². The Morgan fingerprint density at radius 3 is 2.28 bits per heavy atom. The summed E-state index contributed by atoms with van der Waals surface area (Å²) in [6, 6.07) is 19.6. The third kappa shape index (κ3) is 5.03. The number of aliphatic hydroxyl groups is 1. The molecule has 6 nitrogen and oxygen atoms in total. The quantitative estimate of drug-likeness (QED) is 0.227. The van der Waals surface area contributed by atoms with Gasteiger partial charge < -0.3 is 14.6 Å². The number of anilines is 1. The third-order valence-electron chi connectivity index (χ3n) is 7.19. The van der Waals surface area contributed by atoms with E-state index in [0.29, 0.717) is 23.4 Å². The summed E-state index contributed by atoms with van der Waals surface area (Å²) in [5, 5.41) is 11.5. The second-order valence-electron chi connectivity index (χ2n) is 11.7. The summed E-state index contributed by atoms with van der Waals surface area (Å²) in [5.41, 5.74) is 3.88. The van der Waals surface area contributed by atoms with Crippen LogP contribution in [0, 0.1) is 0 Å². The second-order valence-corrected chi connectivity index (χ2v) is 11.7. The predicted molar refractivity (Wildman–Crippen MR) is 152 cm³/mol. The van der Waals surface area contributed by atoms with Crippen LogP contribution in [0.25, 0.3) is 5.76 Å². The number of nitrogens with zero attached hydrogens (tertiary/aromatic N) is 1. The van der Waals surface area contributed by atoms with Crippen molar-refractivity contribution in [1.82, 2.24) is 0 Å². The average Bonchev–Trinajstić information content (AvgIpc) is 3.38. The van der Waals surface area contributed by atoms with E-state index in [1.165, 1.54) is 4.90 Å². The molecule has 0 aromatic heterocycles. The number of benzene rings is 3. The van der Waals surface area contributed by atoms with Crippen LogP contribution < -0.4 is 14.4 Å². The topological polar surface area (TPSA) is 76.1 Å². The number of amides is 1. The number of ether oxygens (including phenoxy) is 2. The molecule has 2 heterocycles. The first-order valence-corrected chi connectivity index (χ1v) is 13.4. The molecule has 3 aromatic rings. The van der Waals surface area contributed by atoms with Crippen LogP contribution in [0.3, 0.4) is 0 Å². The maximum Gasteiger partial charge on any atom is 0.300 e. The zero-order chi connectivity index (χ0) is 28.1. The predicted octanol–water partition coefficient (Wildman–Crippen LogP) is 6.72. The van der Waals surface area contributed by atoms with E-state index >= 15 is 0 Å². The van der Waals surface area contributed by atoms with Gasteiger partial charge in [0.25, 0.3) is 11.7 Å². The molecule has 0 bridgehead atoms. The second kappa shape index (κ2) is 9.92. The molecule has 5 rings (SSSR count). The van der Waals surface area contributed by atoms with Gasteiger partial charge in [0.05, 0.1) is 17.7 Å². The van der Waals surface area contributed by atoms with Crippen LogP contribution in [0.1, 0.15) is 69.8 Å². The van der Waals surface area contributed by atoms with E-state index < -0.39 is 17.7 Å². The molecule has 1 N–H and O–H groups in total. The maximum atomic E-state index is 13.6. The molecule has 0 aliphatic carbocycles. The van der Waals surface area contributed by atoms with Gasteiger partial charge in [0, 0.05) is 17.7 Å². The first-order chi connectivity index (χ1) is 18.4. The molecule has 0 radical (unpaired) electrons. The number of carbonyl (C=O) groups is 2. The van der Waals surface area contributed by atoms with E-state index in [1.54, 1.807) is 30.3 Å². The zero-order valence-corrected chi connectivity index (χ0v) is 23.3. The molecule has 3 aromatic carbocycles. The molecule has 6 heteroatoms. The number of Topliss-reactive ketones (excluding diaryl/α,β-unsaturated/α-hetero) is 1. The summed E-state index contributed by atoms with van der Waals surface area (Å²) in [6.45, 7) is 12.3. The molecule has 0 spiro atoms. The molecule has 1 fully saturated rings. The van der Waals surface area contributed by atoms with Crippen LogP contribution in [0.5, 0.6) is 11.5 Å². The Morgan fingerprint density at radius 2 is 1.67 bits per heavy atom. The summed E-state index contributed by atoms with van der Waals surface area (Å²) < 4.78 is 11.6. The van der Waals surface area contributed by atoms with Crippen molar-refractivity contribution in [3.05, 3.63) is 94.6 Å². The van der Waals surface area contributed by atoms with Crippen LogP contribution in [0.2, 0.25) is 0 Å². The first kappa shape index (κ1) is 26.5. The fraction of sp³-hybridized carbons (Fsp3) is 0.333. The number of ketones is 1. The Morgan fingerprint density at radius 1 is 1.00 bits per heavy atom. The molecule has 39 heavy (non-hydrogen) atoms. The highest BCUT2D eigenvalue weighted by atomic mass is 16.5. The van der Waals surface area contributed by atoms with Crippen molar-refractivity contribution < 1.29 is 24.2 Å². The fourth-order valence-electron chi connectivity index (χ4n) is 5.26. The Hall–Kier alpha value is -4.06. The number of aliphatic hydroxyl groups excluding tert-OH is 1. The highest BCUT2D eigenvalue weighted by Gasteiger charge is 2.47. The summed E-state index contributed by atoms with van der Waals surface area (Å²) in [4.78, 5) is 28.6. The molecule has 0 saturated carbocycles. The van der Waals surface area contributed by atoms with Gasteiger partial charge in [0.15, 0.2) is 0 Å². The van der Waals surface area contributed by atoms with E-state index in [9.17, 15) is 14.7 Å². The van der Waals surface area contributed by atoms with Crippen LogP contribution in [0.4, 0.5) is 5.69 Å². The molecule has 2 atom stereocenters. The third-order valence-corrected chi connectivity index (χ3v) is 7.19. The Kier molecular flexibility index (Phi) is 6.75. The Bertz CT molecular complexity index is 1440. The van der Waals surface area contributed by atoms with Gasteiger partial charge in [-0.05, 0) is 85.3 Å². The van der Waals surface area contributed by atoms with Gasteiger partial charge in [-0.25, -0.2) is 0 Å². The molecule has 202 valence electrons. The lowest BCUT2D eigenvalue weighted by Gasteiger charge is -2.27. The van der Waals surface area contributed by atoms with Gasteiger partial charge in [-0.15, -0.1) is 0 Å². The van der Waals surface area contributed by atoms with Crippen LogP contribution in [-0.2, 0) is 21.4 Å². The van der Waals surface area contributed by atoms with Gasteiger partial charge in [-0.1, -0.05) is 45.0 Å². The maximum absolute atomic E-state index is 13.6. The summed E-state index contributed by atoms with van der Waals surface area (Å²) in [6.07, 6.45) is 0.770. The smallest absolute Gasteiger partial charge is 0.300 e. The molecule has 2 aliphatic heterocycles. The van der Waals surface area contributed by atoms with Crippen LogP contribution in [-0.4, -0.2) is 29.0 Å². The van der Waals surface area contributed by atoms with Crippen molar-refractivity contribution in [3.63, 3.8) is 0 Å². The van der Waals surface area contributed by atoms with E-state index in [0.717, 1.165) is 22.4 Å². The summed E-state index contributed by atoms with van der Waals surface area (Å²) in [5.74, 6) is -0.145. The minimum absolute atomic E-state index is 0.00659. The molecule has 1 saturated heterocycles. The minimum atomic E-state index is -0.792. The SMILES string of the molecule is CC(C)Oc1ccc(N2C(=O)C(=O)/C(=C(\O)c3ccc4c(c3)CC(C)O4)C2c2ccc(C(C)(C)C)cc2)cc1. The van der Waals surface area contributed by atoms with E-state index in [4.69, 9.17) is 9.47 Å². The highest BCUT2D eigenvalue weighted by molar-refractivity contribution is 6.51. The Balaban J connectivity index is 1.64. The molecular weight excluding hydrogens is 490 g/mol. The molecule has 2 unspecified atom stereocenters. The van der Waals surface area contributed by atoms with Crippen LogP contribution in [0.15, 0.2) is 72.3 Å². The van der Waals surface area contributed by atoms with Gasteiger partial charge in [0.1, 0.15) is 23.4 Å². The molecule has 1 amide bonds. The van der Waals surface area contributed by atoms with Crippen molar-refractivity contribution in [2.45, 2.75) is 71.6 Å². The van der Waals surface area contributed by atoms with Gasteiger partial charge in [-0.2, -0.15) is 0 Å². The lowest BCUT2D eigenvalue weighted by molar-refractivity contribution is -0.132. The standard InChI is InChI=1S/C33H35NO5/c1-19(2)38-26-14-12-25(13-15-26)34-29(21-7-10-24(11-8-21)33(4,5)6)28(31(36)32(34)37)30(35)22-9-16-27-23(18-22)17-20(3)39-27/h7-16,18-20,29,35H,17H2,1-6H3/b30-28-. The molecule has 2 aliphatic rings. The van der Waals surface area contributed by atoms with Gasteiger partial charge in [0.2, 0.25) is 0 Å². The van der Waals surface area contributed by atoms with Gasteiger partial charge in [-0.3, -0.25) is 14.5 Å². The largest absolute Gasteiger partial charge is 0.507 e. The van der Waals surface area contributed by atoms with Crippen molar-refractivity contribution >= 4 is 23.1 Å². The number of fused-ring (bicyclic) bond motifs is 1.